The molecule has 0 bridgehead atoms. The van der Waals surface area contributed by atoms with Gasteiger partial charge in [-0.15, -0.1) is 3.97 Å². The van der Waals surface area contributed by atoms with Crippen LogP contribution in [0, 0.1) is 0 Å². The summed E-state index contributed by atoms with van der Waals surface area (Å²) in [5, 5.41) is 9.88. The molecule has 148 valence electrons. The van der Waals surface area contributed by atoms with Crippen molar-refractivity contribution >= 4 is 48.2 Å². The van der Waals surface area contributed by atoms with Crippen molar-refractivity contribution in [2.75, 3.05) is 11.0 Å². The van der Waals surface area contributed by atoms with Gasteiger partial charge in [0.25, 0.3) is 15.6 Å². The summed E-state index contributed by atoms with van der Waals surface area (Å²) >= 11 is 5.81. The molecular formula is C15H12ClN3O7S2. The number of aromatic nitrogens is 2. The molecule has 3 aromatic rings. The van der Waals surface area contributed by atoms with E-state index in [-0.39, 0.29) is 19.9 Å². The minimum atomic E-state index is -4.72. The summed E-state index contributed by atoms with van der Waals surface area (Å²) < 4.78 is 50.5. The van der Waals surface area contributed by atoms with E-state index in [1.165, 1.54) is 18.2 Å². The number of nitrogens with one attached hydrogen (secondary N) is 2. The highest BCUT2D eigenvalue weighted by Gasteiger charge is 2.24. The van der Waals surface area contributed by atoms with Gasteiger partial charge in [0.05, 0.1) is 27.7 Å². The first-order valence-corrected chi connectivity index (χ1v) is 11.1. The maximum absolute atomic E-state index is 12.9. The molecule has 13 heteroatoms. The number of anilines is 1. The summed E-state index contributed by atoms with van der Waals surface area (Å²) in [5.74, 6) is -0.543. The minimum absolute atomic E-state index is 0.0137. The van der Waals surface area contributed by atoms with Crippen molar-refractivity contribution in [3.63, 3.8) is 0 Å². The van der Waals surface area contributed by atoms with Gasteiger partial charge in [-0.3, -0.25) is 9.52 Å². The Morgan fingerprint density at radius 3 is 2.39 bits per heavy atom. The van der Waals surface area contributed by atoms with Crippen molar-refractivity contribution in [3.8, 4) is 5.75 Å². The molecule has 0 radical (unpaired) electrons. The quantitative estimate of drug-likeness (QED) is 0.498. The fourth-order valence-electron chi connectivity index (χ4n) is 2.45. The second kappa shape index (κ2) is 6.65. The summed E-state index contributed by atoms with van der Waals surface area (Å²) in [5.41, 5.74) is -2.72. The Labute approximate surface area is 163 Å². The average molecular weight is 446 g/mol. The van der Waals surface area contributed by atoms with Gasteiger partial charge in [0.2, 0.25) is 10.0 Å². The highest BCUT2D eigenvalue weighted by atomic mass is 35.5. The van der Waals surface area contributed by atoms with Crippen molar-refractivity contribution in [3.05, 3.63) is 62.3 Å². The van der Waals surface area contributed by atoms with E-state index in [4.69, 9.17) is 11.6 Å². The van der Waals surface area contributed by atoms with Crippen molar-refractivity contribution in [2.24, 2.45) is 0 Å². The molecule has 3 rings (SSSR count). The molecule has 3 N–H and O–H groups in total. The van der Waals surface area contributed by atoms with Gasteiger partial charge < -0.3 is 10.1 Å². The van der Waals surface area contributed by atoms with Crippen LogP contribution in [0.5, 0.6) is 5.75 Å². The first-order chi connectivity index (χ1) is 12.9. The third kappa shape index (κ3) is 3.61. The first kappa shape index (κ1) is 19.9. The van der Waals surface area contributed by atoms with Crippen LogP contribution < -0.4 is 16.0 Å². The second-order valence-electron chi connectivity index (χ2n) is 5.75. The van der Waals surface area contributed by atoms with E-state index < -0.39 is 47.6 Å². The fourth-order valence-corrected chi connectivity index (χ4v) is 4.49. The van der Waals surface area contributed by atoms with Crippen LogP contribution in [0.3, 0.4) is 0 Å². The average Bonchev–Trinajstić information content (AvgIpc) is 2.54. The Hall–Kier alpha value is -2.83. The number of aromatic amines is 1. The number of sulfonamides is 1. The van der Waals surface area contributed by atoms with Crippen LogP contribution in [-0.2, 0) is 20.0 Å². The lowest BCUT2D eigenvalue weighted by Crippen LogP contribution is -2.40. The van der Waals surface area contributed by atoms with Gasteiger partial charge in [0.1, 0.15) is 5.75 Å². The highest BCUT2D eigenvalue weighted by Crippen LogP contribution is 2.27. The van der Waals surface area contributed by atoms with E-state index in [0.29, 0.717) is 0 Å². The lowest BCUT2D eigenvalue weighted by atomic mass is 10.2. The molecule has 1 aromatic heterocycles. The smallest absolute Gasteiger partial charge is 0.343 e. The summed E-state index contributed by atoms with van der Waals surface area (Å²) in [7, 11) is -8.54. The molecule has 0 unspecified atom stereocenters. The van der Waals surface area contributed by atoms with Gasteiger partial charge in [-0.1, -0.05) is 11.6 Å². The normalized spacial score (nSPS) is 12.2. The number of halogens is 1. The standard InChI is InChI=1S/C15H12ClN3O7S2/c1-27(23,24)18-12-7-9(3-5-13(12)20)28(25,26)19-14(21)10-4-2-8(16)6-11(10)17-15(19)22/h2-7,18,20H,1H3,(H,17,22). The molecule has 10 nitrogen and oxygen atoms in total. The molecule has 0 aliphatic rings. The Morgan fingerprint density at radius 1 is 1.07 bits per heavy atom. The van der Waals surface area contributed by atoms with E-state index in [0.717, 1.165) is 24.5 Å². The number of fused-ring (bicyclic) bond motifs is 1. The number of phenolic OH excluding ortho intramolecular Hbond substituents is 1. The Bertz CT molecular complexity index is 1440. The molecule has 0 spiro atoms. The summed E-state index contributed by atoms with van der Waals surface area (Å²) in [6.07, 6.45) is 0.803. The Kier molecular flexibility index (Phi) is 4.73. The molecule has 0 saturated carbocycles. The summed E-state index contributed by atoms with van der Waals surface area (Å²) in [6.45, 7) is 0. The van der Waals surface area contributed by atoms with Crippen molar-refractivity contribution < 1.29 is 21.9 Å². The fraction of sp³-hybridized carbons (Fsp3) is 0.0667. The van der Waals surface area contributed by atoms with Crippen molar-refractivity contribution in [1.82, 2.24) is 8.96 Å². The molecule has 0 saturated heterocycles. The van der Waals surface area contributed by atoms with Crippen LogP contribution in [-0.4, -0.2) is 37.2 Å². The van der Waals surface area contributed by atoms with Crippen LogP contribution in [0.25, 0.3) is 10.9 Å². The molecule has 0 atom stereocenters. The molecule has 28 heavy (non-hydrogen) atoms. The number of hydrogen-bond acceptors (Lipinski definition) is 7. The van der Waals surface area contributed by atoms with E-state index in [1.54, 1.807) is 0 Å². The van der Waals surface area contributed by atoms with Crippen LogP contribution in [0.4, 0.5) is 5.69 Å². The topological polar surface area (TPSA) is 155 Å². The zero-order chi connectivity index (χ0) is 20.9. The summed E-state index contributed by atoms with van der Waals surface area (Å²) in [4.78, 5) is 26.6. The molecule has 2 aromatic carbocycles. The van der Waals surface area contributed by atoms with E-state index in [9.17, 15) is 31.5 Å². The number of nitrogens with zero attached hydrogens (tertiary/aromatic N) is 1. The van der Waals surface area contributed by atoms with E-state index in [1.807, 2.05) is 4.72 Å². The number of rotatable bonds is 4. The predicted octanol–water partition coefficient (Wildman–Crippen LogP) is 0.657. The van der Waals surface area contributed by atoms with Gasteiger partial charge in [-0.05, 0) is 36.4 Å². The maximum Gasteiger partial charge on any atom is 0.343 e. The third-order valence-electron chi connectivity index (χ3n) is 3.62. The molecule has 1 heterocycles. The summed E-state index contributed by atoms with van der Waals surface area (Å²) in [6, 6.07) is 6.55. The van der Waals surface area contributed by atoms with Gasteiger partial charge in [-0.25, -0.2) is 21.6 Å². The highest BCUT2D eigenvalue weighted by molar-refractivity contribution is 7.92. The zero-order valence-corrected chi connectivity index (χ0v) is 16.4. The first-order valence-electron chi connectivity index (χ1n) is 7.41. The van der Waals surface area contributed by atoms with Crippen molar-refractivity contribution in [1.29, 1.82) is 0 Å². The Morgan fingerprint density at radius 2 is 1.75 bits per heavy atom. The molecule has 0 aliphatic carbocycles. The maximum atomic E-state index is 12.9. The van der Waals surface area contributed by atoms with Gasteiger partial charge in [-0.2, -0.15) is 0 Å². The minimum Gasteiger partial charge on any atom is -0.506 e. The number of benzene rings is 2. The number of aromatic hydroxyl groups is 1. The lowest BCUT2D eigenvalue weighted by molar-refractivity contribution is 0.477. The SMILES string of the molecule is CS(=O)(=O)Nc1cc(S(=O)(=O)n2c(=O)[nH]c3cc(Cl)ccc3c2=O)ccc1O. The lowest BCUT2D eigenvalue weighted by Gasteiger charge is -2.11. The van der Waals surface area contributed by atoms with Crippen LogP contribution in [0.2, 0.25) is 5.02 Å². The number of hydrogen-bond donors (Lipinski definition) is 3. The van der Waals surface area contributed by atoms with Crippen LogP contribution in [0.1, 0.15) is 0 Å². The van der Waals surface area contributed by atoms with Crippen molar-refractivity contribution in [2.45, 2.75) is 4.90 Å². The largest absolute Gasteiger partial charge is 0.506 e. The van der Waals surface area contributed by atoms with Gasteiger partial charge in [0.15, 0.2) is 0 Å². The van der Waals surface area contributed by atoms with E-state index >= 15 is 0 Å². The van der Waals surface area contributed by atoms with E-state index in [2.05, 4.69) is 4.98 Å². The number of phenols is 1. The monoisotopic (exact) mass is 445 g/mol. The third-order valence-corrected chi connectivity index (χ3v) is 6.11. The molecule has 0 amide bonds. The number of H-pyrrole nitrogens is 1. The van der Waals surface area contributed by atoms with Gasteiger partial charge in [0, 0.05) is 5.02 Å². The second-order valence-corrected chi connectivity index (χ2v) is 9.72. The molecule has 0 fully saturated rings. The van der Waals surface area contributed by atoms with Crippen LogP contribution >= 0.6 is 11.6 Å². The van der Waals surface area contributed by atoms with Gasteiger partial charge >= 0.3 is 5.69 Å². The zero-order valence-electron chi connectivity index (χ0n) is 14.0. The van der Waals surface area contributed by atoms with Crippen LogP contribution in [0.15, 0.2) is 50.9 Å². The molecule has 0 aliphatic heterocycles. The Balaban J connectivity index is 2.27. The molecular weight excluding hydrogens is 434 g/mol. The predicted molar refractivity (Wildman–Crippen MR) is 103 cm³/mol.